The van der Waals surface area contributed by atoms with E-state index in [1.165, 1.54) is 0 Å². The summed E-state index contributed by atoms with van der Waals surface area (Å²) in [6.45, 7) is 7.96. The minimum absolute atomic E-state index is 0.263. The average Bonchev–Trinajstić information content (AvgIpc) is 2.57. The Labute approximate surface area is 91.1 Å². The van der Waals surface area contributed by atoms with Crippen molar-refractivity contribution in [2.75, 3.05) is 0 Å². The molecular formula is C12H18N2O. The molecule has 3 heteroatoms. The second-order valence-electron chi connectivity index (χ2n) is 4.08. The molecule has 3 nitrogen and oxygen atoms in total. The van der Waals surface area contributed by atoms with Crippen molar-refractivity contribution in [3.8, 4) is 6.07 Å². The van der Waals surface area contributed by atoms with Crippen LogP contribution in [0.3, 0.4) is 0 Å². The molecule has 0 fully saturated rings. The number of aryl methyl sites for hydroxylation is 2. The summed E-state index contributed by atoms with van der Waals surface area (Å²) < 4.78 is 5.12. The van der Waals surface area contributed by atoms with Crippen LogP contribution in [0, 0.1) is 30.6 Å². The van der Waals surface area contributed by atoms with E-state index in [-0.39, 0.29) is 5.41 Å². The van der Waals surface area contributed by atoms with E-state index in [1.54, 1.807) is 0 Å². The number of hydrogen-bond acceptors (Lipinski definition) is 3. The van der Waals surface area contributed by atoms with Gasteiger partial charge in [-0.05, 0) is 33.1 Å². The highest BCUT2D eigenvalue weighted by Crippen LogP contribution is 2.32. The summed E-state index contributed by atoms with van der Waals surface area (Å²) in [5.74, 6) is 0.842. The van der Waals surface area contributed by atoms with Crippen molar-refractivity contribution >= 4 is 0 Å². The fraction of sp³-hybridized carbons (Fsp3) is 0.667. The van der Waals surface area contributed by atoms with Crippen molar-refractivity contribution in [3.63, 3.8) is 0 Å². The fourth-order valence-corrected chi connectivity index (χ4v) is 1.79. The number of rotatable bonds is 4. The van der Waals surface area contributed by atoms with Crippen LogP contribution in [0.25, 0.3) is 0 Å². The van der Waals surface area contributed by atoms with Crippen molar-refractivity contribution in [1.29, 1.82) is 5.26 Å². The first kappa shape index (κ1) is 11.8. The normalized spacial score (nSPS) is 11.4. The molecule has 0 bridgehead atoms. The summed E-state index contributed by atoms with van der Waals surface area (Å²) in [6, 6.07) is 2.44. The first-order valence-corrected chi connectivity index (χ1v) is 5.41. The zero-order valence-electron chi connectivity index (χ0n) is 9.92. The van der Waals surface area contributed by atoms with E-state index in [0.29, 0.717) is 0 Å². The van der Waals surface area contributed by atoms with Crippen molar-refractivity contribution in [2.24, 2.45) is 5.41 Å². The maximum absolute atomic E-state index is 9.26. The van der Waals surface area contributed by atoms with E-state index in [2.05, 4.69) is 25.1 Å². The largest absolute Gasteiger partial charge is 0.361 e. The molecule has 0 radical (unpaired) electrons. The standard InChI is InChI=1S/C12H18N2O/c1-5-12(6-2,8-13)7-11-9(3)14-15-10(11)4/h5-7H2,1-4H3. The summed E-state index contributed by atoms with van der Waals surface area (Å²) in [7, 11) is 0. The highest BCUT2D eigenvalue weighted by atomic mass is 16.5. The molecule has 0 aliphatic carbocycles. The number of nitrogens with zero attached hydrogens (tertiary/aromatic N) is 2. The SMILES string of the molecule is CCC(C#N)(CC)Cc1c(C)noc1C. The predicted molar refractivity (Wildman–Crippen MR) is 58.3 cm³/mol. The molecule has 1 aromatic rings. The third-order valence-corrected chi connectivity index (χ3v) is 3.29. The van der Waals surface area contributed by atoms with Gasteiger partial charge in [-0.25, -0.2) is 0 Å². The van der Waals surface area contributed by atoms with Gasteiger partial charge in [0.25, 0.3) is 0 Å². The van der Waals surface area contributed by atoms with Crippen molar-refractivity contribution in [1.82, 2.24) is 5.16 Å². The smallest absolute Gasteiger partial charge is 0.137 e. The molecule has 0 spiro atoms. The van der Waals surface area contributed by atoms with E-state index in [4.69, 9.17) is 4.52 Å². The summed E-state index contributed by atoms with van der Waals surface area (Å²) in [6.07, 6.45) is 2.48. The zero-order chi connectivity index (χ0) is 11.5. The molecule has 1 aromatic heterocycles. The van der Waals surface area contributed by atoms with E-state index >= 15 is 0 Å². The molecule has 82 valence electrons. The van der Waals surface area contributed by atoms with Gasteiger partial charge >= 0.3 is 0 Å². The Bertz CT molecular complexity index is 350. The zero-order valence-corrected chi connectivity index (χ0v) is 9.92. The molecule has 0 atom stereocenters. The lowest BCUT2D eigenvalue weighted by Crippen LogP contribution is -2.20. The molecule has 1 heterocycles. The molecule has 0 saturated carbocycles. The maximum Gasteiger partial charge on any atom is 0.137 e. The fourth-order valence-electron chi connectivity index (χ4n) is 1.79. The van der Waals surface area contributed by atoms with Crippen LogP contribution in [0.2, 0.25) is 0 Å². The van der Waals surface area contributed by atoms with Crippen LogP contribution in [-0.4, -0.2) is 5.16 Å². The van der Waals surface area contributed by atoms with Gasteiger partial charge < -0.3 is 4.52 Å². The predicted octanol–water partition coefficient (Wildman–Crippen LogP) is 3.16. The van der Waals surface area contributed by atoms with Crippen LogP contribution >= 0.6 is 0 Å². The highest BCUT2D eigenvalue weighted by Gasteiger charge is 2.28. The Morgan fingerprint density at radius 1 is 1.33 bits per heavy atom. The third-order valence-electron chi connectivity index (χ3n) is 3.29. The van der Waals surface area contributed by atoms with Crippen molar-refractivity contribution in [3.05, 3.63) is 17.0 Å². The van der Waals surface area contributed by atoms with Crippen molar-refractivity contribution in [2.45, 2.75) is 47.0 Å². The van der Waals surface area contributed by atoms with Gasteiger partial charge in [0.05, 0.1) is 17.2 Å². The summed E-state index contributed by atoms with van der Waals surface area (Å²) >= 11 is 0. The van der Waals surface area contributed by atoms with Gasteiger partial charge in [0.2, 0.25) is 0 Å². The summed E-state index contributed by atoms with van der Waals surface area (Å²) in [5.41, 5.74) is 1.75. The van der Waals surface area contributed by atoms with Crippen LogP contribution in [0.15, 0.2) is 4.52 Å². The maximum atomic E-state index is 9.26. The average molecular weight is 206 g/mol. The molecule has 0 unspecified atom stereocenters. The second kappa shape index (κ2) is 4.48. The minimum atomic E-state index is -0.263. The van der Waals surface area contributed by atoms with Gasteiger partial charge in [0.15, 0.2) is 0 Å². The lowest BCUT2D eigenvalue weighted by Gasteiger charge is -2.22. The monoisotopic (exact) mass is 206 g/mol. The lowest BCUT2D eigenvalue weighted by atomic mass is 9.78. The first-order chi connectivity index (χ1) is 7.08. The quantitative estimate of drug-likeness (QED) is 0.760. The summed E-state index contributed by atoms with van der Waals surface area (Å²) in [5, 5.41) is 13.2. The molecule has 15 heavy (non-hydrogen) atoms. The Morgan fingerprint density at radius 2 is 1.93 bits per heavy atom. The van der Waals surface area contributed by atoms with Crippen LogP contribution in [-0.2, 0) is 6.42 Å². The number of aromatic nitrogens is 1. The van der Waals surface area contributed by atoms with Crippen LogP contribution in [0.4, 0.5) is 0 Å². The Kier molecular flexibility index (Phi) is 3.52. The van der Waals surface area contributed by atoms with Crippen LogP contribution < -0.4 is 0 Å². The molecule has 0 aromatic carbocycles. The topological polar surface area (TPSA) is 49.8 Å². The molecule has 0 aliphatic heterocycles. The van der Waals surface area contributed by atoms with Gasteiger partial charge in [-0.15, -0.1) is 0 Å². The van der Waals surface area contributed by atoms with Gasteiger partial charge in [-0.1, -0.05) is 19.0 Å². The molecule has 0 aliphatic rings. The van der Waals surface area contributed by atoms with E-state index in [1.807, 2.05) is 13.8 Å². The molecule has 0 amide bonds. The molecule has 1 rings (SSSR count). The van der Waals surface area contributed by atoms with Gasteiger partial charge in [-0.2, -0.15) is 5.26 Å². The van der Waals surface area contributed by atoms with Gasteiger partial charge in [0.1, 0.15) is 5.76 Å². The first-order valence-electron chi connectivity index (χ1n) is 5.41. The van der Waals surface area contributed by atoms with Gasteiger partial charge in [0, 0.05) is 5.56 Å². The van der Waals surface area contributed by atoms with Crippen molar-refractivity contribution < 1.29 is 4.52 Å². The van der Waals surface area contributed by atoms with E-state index in [9.17, 15) is 5.26 Å². The highest BCUT2D eigenvalue weighted by molar-refractivity contribution is 5.24. The Balaban J connectivity index is 2.99. The third kappa shape index (κ3) is 2.20. The number of hydrogen-bond donors (Lipinski definition) is 0. The Morgan fingerprint density at radius 3 is 2.27 bits per heavy atom. The van der Waals surface area contributed by atoms with Crippen LogP contribution in [0.1, 0.15) is 43.7 Å². The Hall–Kier alpha value is -1.30. The van der Waals surface area contributed by atoms with E-state index in [0.717, 1.165) is 36.3 Å². The molecule has 0 N–H and O–H groups in total. The second-order valence-corrected chi connectivity index (χ2v) is 4.08. The summed E-state index contributed by atoms with van der Waals surface area (Å²) in [4.78, 5) is 0. The molecular weight excluding hydrogens is 188 g/mol. The van der Waals surface area contributed by atoms with E-state index < -0.39 is 0 Å². The van der Waals surface area contributed by atoms with Crippen LogP contribution in [0.5, 0.6) is 0 Å². The molecule has 0 saturated heterocycles. The minimum Gasteiger partial charge on any atom is -0.361 e. The lowest BCUT2D eigenvalue weighted by molar-refractivity contribution is 0.356. The number of nitriles is 1. The van der Waals surface area contributed by atoms with Gasteiger partial charge in [-0.3, -0.25) is 0 Å².